The highest BCUT2D eigenvalue weighted by atomic mass is 16.5. The minimum absolute atomic E-state index is 0.00731. The SMILES string of the molecule is CCC(C(=N)Cc1ccnn1-c1ccccc1)c1ccc(/C=C/C(=O)NO)cc1. The average Bonchev–Trinajstić information content (AvgIpc) is 3.22. The lowest BCUT2D eigenvalue weighted by Crippen LogP contribution is -2.16. The summed E-state index contributed by atoms with van der Waals surface area (Å²) in [6.45, 7) is 2.08. The molecule has 0 aliphatic rings. The lowest BCUT2D eigenvalue weighted by molar-refractivity contribution is -0.124. The Kier molecular flexibility index (Phi) is 6.71. The van der Waals surface area contributed by atoms with Crippen molar-refractivity contribution in [2.45, 2.75) is 25.7 Å². The number of rotatable bonds is 8. The van der Waals surface area contributed by atoms with Gasteiger partial charge in [-0.25, -0.2) is 10.2 Å². The van der Waals surface area contributed by atoms with Crippen molar-refractivity contribution in [3.63, 3.8) is 0 Å². The van der Waals surface area contributed by atoms with Gasteiger partial charge in [-0.3, -0.25) is 10.0 Å². The zero-order chi connectivity index (χ0) is 20.6. The van der Waals surface area contributed by atoms with E-state index in [1.807, 2.05) is 65.3 Å². The summed E-state index contributed by atoms with van der Waals surface area (Å²) in [5.41, 5.74) is 6.07. The monoisotopic (exact) mass is 388 g/mol. The van der Waals surface area contributed by atoms with Crippen LogP contribution >= 0.6 is 0 Å². The Balaban J connectivity index is 1.74. The van der Waals surface area contributed by atoms with Gasteiger partial charge in [-0.2, -0.15) is 5.10 Å². The molecule has 148 valence electrons. The van der Waals surface area contributed by atoms with Crippen LogP contribution in [0.15, 0.2) is 72.9 Å². The number of nitrogens with one attached hydrogen (secondary N) is 2. The molecule has 0 saturated carbocycles. The van der Waals surface area contributed by atoms with E-state index in [0.717, 1.165) is 28.9 Å². The second-order valence-corrected chi connectivity index (χ2v) is 6.71. The minimum atomic E-state index is -0.572. The highest BCUT2D eigenvalue weighted by Crippen LogP contribution is 2.24. The van der Waals surface area contributed by atoms with Crippen LogP contribution in [-0.4, -0.2) is 26.6 Å². The molecule has 1 heterocycles. The Morgan fingerprint density at radius 1 is 1.17 bits per heavy atom. The maximum atomic E-state index is 11.1. The van der Waals surface area contributed by atoms with Crippen LogP contribution in [0.5, 0.6) is 0 Å². The van der Waals surface area contributed by atoms with Crippen LogP contribution in [0, 0.1) is 5.41 Å². The van der Waals surface area contributed by atoms with Crippen LogP contribution < -0.4 is 5.48 Å². The summed E-state index contributed by atoms with van der Waals surface area (Å²) in [7, 11) is 0. The van der Waals surface area contributed by atoms with Gasteiger partial charge in [-0.05, 0) is 41.8 Å². The summed E-state index contributed by atoms with van der Waals surface area (Å²) >= 11 is 0. The fraction of sp³-hybridized carbons (Fsp3) is 0.174. The number of benzene rings is 2. The predicted octanol–water partition coefficient (Wildman–Crippen LogP) is 4.15. The molecular formula is C23H24N4O2. The predicted molar refractivity (Wildman–Crippen MR) is 113 cm³/mol. The van der Waals surface area contributed by atoms with E-state index < -0.39 is 5.91 Å². The number of para-hydroxylation sites is 1. The van der Waals surface area contributed by atoms with E-state index >= 15 is 0 Å². The smallest absolute Gasteiger partial charge is 0.267 e. The summed E-state index contributed by atoms with van der Waals surface area (Å²) in [5.74, 6) is -0.565. The van der Waals surface area contributed by atoms with Crippen LogP contribution in [-0.2, 0) is 11.2 Å². The third kappa shape index (κ3) is 5.06. The number of aromatic nitrogens is 2. The molecule has 0 radical (unpaired) electrons. The zero-order valence-corrected chi connectivity index (χ0v) is 16.2. The number of hydrogen-bond acceptors (Lipinski definition) is 4. The van der Waals surface area contributed by atoms with Gasteiger partial charge in [0.15, 0.2) is 0 Å². The van der Waals surface area contributed by atoms with E-state index in [1.54, 1.807) is 17.8 Å². The molecule has 29 heavy (non-hydrogen) atoms. The molecule has 3 N–H and O–H groups in total. The van der Waals surface area contributed by atoms with E-state index in [4.69, 9.17) is 10.6 Å². The first-order valence-electron chi connectivity index (χ1n) is 9.50. The highest BCUT2D eigenvalue weighted by Gasteiger charge is 2.17. The van der Waals surface area contributed by atoms with Crippen LogP contribution in [0.3, 0.4) is 0 Å². The van der Waals surface area contributed by atoms with Crippen LogP contribution in [0.4, 0.5) is 0 Å². The van der Waals surface area contributed by atoms with E-state index in [-0.39, 0.29) is 5.92 Å². The number of amides is 1. The van der Waals surface area contributed by atoms with Gasteiger partial charge in [0, 0.05) is 36.0 Å². The molecule has 1 unspecified atom stereocenters. The largest absolute Gasteiger partial charge is 0.309 e. The molecule has 1 aromatic heterocycles. The number of hydrogen-bond donors (Lipinski definition) is 3. The van der Waals surface area contributed by atoms with Crippen LogP contribution in [0.1, 0.15) is 36.1 Å². The maximum Gasteiger partial charge on any atom is 0.267 e. The molecular weight excluding hydrogens is 364 g/mol. The van der Waals surface area contributed by atoms with E-state index in [2.05, 4.69) is 12.0 Å². The summed E-state index contributed by atoms with van der Waals surface area (Å²) in [4.78, 5) is 11.1. The van der Waals surface area contributed by atoms with Crippen molar-refractivity contribution in [3.8, 4) is 5.69 Å². The van der Waals surface area contributed by atoms with Crippen molar-refractivity contribution in [2.75, 3.05) is 0 Å². The Bertz CT molecular complexity index is 991. The average molecular weight is 388 g/mol. The van der Waals surface area contributed by atoms with Crippen molar-refractivity contribution in [1.82, 2.24) is 15.3 Å². The highest BCUT2D eigenvalue weighted by molar-refractivity contribution is 5.91. The Labute approximate surface area is 170 Å². The van der Waals surface area contributed by atoms with Gasteiger partial charge in [0.2, 0.25) is 0 Å². The molecule has 0 fully saturated rings. The standard InChI is InChI=1S/C23H24N4O2/c1-2-21(18-11-8-17(9-12-18)10-13-23(28)26-29)22(24)16-20-14-15-25-27(20)19-6-4-3-5-7-19/h3-15,21,24,29H,2,16H2,1H3,(H,26,28)/b13-10+,24-22?. The molecule has 0 aliphatic carbocycles. The van der Waals surface area contributed by atoms with Crippen LogP contribution in [0.2, 0.25) is 0 Å². The Hall–Kier alpha value is -3.51. The molecule has 6 heteroatoms. The van der Waals surface area contributed by atoms with Crippen molar-refractivity contribution in [2.24, 2.45) is 0 Å². The zero-order valence-electron chi connectivity index (χ0n) is 16.2. The van der Waals surface area contributed by atoms with Gasteiger partial charge in [-0.15, -0.1) is 0 Å². The first-order chi connectivity index (χ1) is 14.1. The summed E-state index contributed by atoms with van der Waals surface area (Å²) in [5, 5.41) is 21.7. The molecule has 0 bridgehead atoms. The fourth-order valence-corrected chi connectivity index (χ4v) is 3.32. The topological polar surface area (TPSA) is 91.0 Å². The van der Waals surface area contributed by atoms with Gasteiger partial charge in [0.25, 0.3) is 5.91 Å². The first kappa shape index (κ1) is 20.2. The molecule has 2 aromatic carbocycles. The fourth-order valence-electron chi connectivity index (χ4n) is 3.32. The van der Waals surface area contributed by atoms with Gasteiger partial charge in [0.1, 0.15) is 0 Å². The van der Waals surface area contributed by atoms with Crippen molar-refractivity contribution in [1.29, 1.82) is 5.41 Å². The molecule has 0 saturated heterocycles. The van der Waals surface area contributed by atoms with Gasteiger partial charge in [-0.1, -0.05) is 49.4 Å². The summed E-state index contributed by atoms with van der Waals surface area (Å²) in [6.07, 6.45) is 5.99. The molecule has 3 aromatic rings. The third-order valence-corrected chi connectivity index (χ3v) is 4.80. The summed E-state index contributed by atoms with van der Waals surface area (Å²) in [6, 6.07) is 19.6. The molecule has 1 amide bonds. The normalized spacial score (nSPS) is 12.1. The van der Waals surface area contributed by atoms with E-state index in [0.29, 0.717) is 12.1 Å². The maximum absolute atomic E-state index is 11.1. The molecule has 6 nitrogen and oxygen atoms in total. The Morgan fingerprint density at radius 2 is 1.90 bits per heavy atom. The second kappa shape index (κ2) is 9.61. The van der Waals surface area contributed by atoms with Gasteiger partial charge in [0.05, 0.1) is 5.69 Å². The molecule has 1 atom stereocenters. The number of carbonyl (C=O) groups excluding carboxylic acids is 1. The second-order valence-electron chi connectivity index (χ2n) is 6.71. The molecule has 3 rings (SSSR count). The number of nitrogens with zero attached hydrogens (tertiary/aromatic N) is 2. The first-order valence-corrected chi connectivity index (χ1v) is 9.50. The third-order valence-electron chi connectivity index (χ3n) is 4.80. The van der Waals surface area contributed by atoms with E-state index in [1.165, 1.54) is 6.08 Å². The van der Waals surface area contributed by atoms with Crippen molar-refractivity contribution < 1.29 is 10.0 Å². The molecule has 0 aliphatic heterocycles. The van der Waals surface area contributed by atoms with Gasteiger partial charge >= 0.3 is 0 Å². The molecule has 0 spiro atoms. The quantitative estimate of drug-likeness (QED) is 0.234. The van der Waals surface area contributed by atoms with Crippen LogP contribution in [0.25, 0.3) is 11.8 Å². The minimum Gasteiger partial charge on any atom is -0.309 e. The summed E-state index contributed by atoms with van der Waals surface area (Å²) < 4.78 is 1.88. The lowest BCUT2D eigenvalue weighted by atomic mass is 9.89. The number of hydroxylamine groups is 1. The van der Waals surface area contributed by atoms with Crippen molar-refractivity contribution in [3.05, 3.63) is 89.8 Å². The lowest BCUT2D eigenvalue weighted by Gasteiger charge is -2.18. The Morgan fingerprint density at radius 3 is 2.55 bits per heavy atom. The van der Waals surface area contributed by atoms with E-state index in [9.17, 15) is 4.79 Å². The number of carbonyl (C=O) groups is 1. The van der Waals surface area contributed by atoms with Gasteiger partial charge < -0.3 is 5.41 Å². The van der Waals surface area contributed by atoms with Crippen molar-refractivity contribution >= 4 is 17.7 Å².